The Morgan fingerprint density at radius 2 is 2.09 bits per heavy atom. The first-order valence-electron chi connectivity index (χ1n) is 6.96. The van der Waals surface area contributed by atoms with Gasteiger partial charge in [-0.3, -0.25) is 9.36 Å². The van der Waals surface area contributed by atoms with Crippen LogP contribution >= 0.6 is 11.8 Å². The molecule has 2 heterocycles. The smallest absolute Gasteiger partial charge is 0.262 e. The van der Waals surface area contributed by atoms with Gasteiger partial charge in [-0.1, -0.05) is 23.9 Å². The molecule has 0 radical (unpaired) electrons. The number of aliphatic hydroxyl groups is 1. The molecule has 8 heteroatoms. The summed E-state index contributed by atoms with van der Waals surface area (Å²) in [7, 11) is -3.22. The summed E-state index contributed by atoms with van der Waals surface area (Å²) in [4.78, 5) is 17.0. The molecular formula is C14H16N2O4S2. The van der Waals surface area contributed by atoms with Gasteiger partial charge >= 0.3 is 0 Å². The van der Waals surface area contributed by atoms with Crippen LogP contribution in [0.4, 0.5) is 0 Å². The fraction of sp³-hybridized carbons (Fsp3) is 0.429. The molecule has 6 nitrogen and oxygen atoms in total. The lowest BCUT2D eigenvalue weighted by molar-refractivity contribution is 0.207. The highest BCUT2D eigenvalue weighted by Crippen LogP contribution is 2.30. The summed E-state index contributed by atoms with van der Waals surface area (Å²) in [6, 6.07) is 7.06. The van der Waals surface area contributed by atoms with Crippen LogP contribution in [0.1, 0.15) is 6.92 Å². The second-order valence-corrected chi connectivity index (χ2v) is 8.62. The van der Waals surface area contributed by atoms with Crippen LogP contribution in [0.15, 0.2) is 34.2 Å². The highest BCUT2D eigenvalue weighted by molar-refractivity contribution is 8.01. The molecule has 1 aromatic carbocycles. The van der Waals surface area contributed by atoms with Crippen LogP contribution in [-0.2, 0) is 16.4 Å². The molecule has 0 bridgehead atoms. The van der Waals surface area contributed by atoms with Gasteiger partial charge in [0.1, 0.15) is 0 Å². The molecule has 1 N–H and O–H groups in total. The van der Waals surface area contributed by atoms with E-state index in [0.717, 1.165) is 11.8 Å². The van der Waals surface area contributed by atoms with Crippen molar-refractivity contribution in [3.63, 3.8) is 0 Å². The lowest BCUT2D eigenvalue weighted by Crippen LogP contribution is -2.26. The Labute approximate surface area is 132 Å². The van der Waals surface area contributed by atoms with Crippen LogP contribution in [0.3, 0.4) is 0 Å². The van der Waals surface area contributed by atoms with Crippen molar-refractivity contribution < 1.29 is 13.5 Å². The predicted octanol–water partition coefficient (Wildman–Crippen LogP) is 0.666. The van der Waals surface area contributed by atoms with Crippen LogP contribution in [0.25, 0.3) is 10.9 Å². The van der Waals surface area contributed by atoms with Crippen molar-refractivity contribution in [3.8, 4) is 0 Å². The van der Waals surface area contributed by atoms with Crippen LogP contribution < -0.4 is 5.56 Å². The summed E-state index contributed by atoms with van der Waals surface area (Å²) in [6.45, 7) is 2.28. The van der Waals surface area contributed by atoms with E-state index in [4.69, 9.17) is 0 Å². The lowest BCUT2D eigenvalue weighted by atomic mass is 10.2. The van der Waals surface area contributed by atoms with E-state index in [1.807, 2.05) is 6.92 Å². The monoisotopic (exact) mass is 340 g/mol. The fourth-order valence-electron chi connectivity index (χ4n) is 2.56. The maximum Gasteiger partial charge on any atom is 0.262 e. The summed E-state index contributed by atoms with van der Waals surface area (Å²) in [6.07, 6.45) is -0.927. The Balaban J connectivity index is 2.05. The topological polar surface area (TPSA) is 89.3 Å². The SMILES string of the molecule is CCn1c(S[C@H]2CS(=O)(=O)C[C@@H]2O)nc2ccccc2c1=O. The Morgan fingerprint density at radius 1 is 1.36 bits per heavy atom. The zero-order valence-corrected chi connectivity index (χ0v) is 13.6. The molecule has 118 valence electrons. The predicted molar refractivity (Wildman–Crippen MR) is 86.0 cm³/mol. The quantitative estimate of drug-likeness (QED) is 0.826. The first-order valence-corrected chi connectivity index (χ1v) is 9.66. The summed E-state index contributed by atoms with van der Waals surface area (Å²) in [5.41, 5.74) is 0.431. The van der Waals surface area contributed by atoms with Gasteiger partial charge in [-0.2, -0.15) is 0 Å². The summed E-state index contributed by atoms with van der Waals surface area (Å²) in [5.74, 6) is -0.320. The van der Waals surface area contributed by atoms with E-state index in [1.54, 1.807) is 24.3 Å². The van der Waals surface area contributed by atoms with Crippen LogP contribution in [0.5, 0.6) is 0 Å². The van der Waals surface area contributed by atoms with Gasteiger partial charge in [0.15, 0.2) is 15.0 Å². The van der Waals surface area contributed by atoms with Crippen molar-refractivity contribution >= 4 is 32.5 Å². The molecule has 0 unspecified atom stereocenters. The molecule has 0 aliphatic carbocycles. The van der Waals surface area contributed by atoms with E-state index in [2.05, 4.69) is 4.98 Å². The maximum absolute atomic E-state index is 12.5. The van der Waals surface area contributed by atoms with Gasteiger partial charge in [-0.05, 0) is 19.1 Å². The minimum absolute atomic E-state index is 0.0920. The number of para-hydroxylation sites is 1. The zero-order valence-electron chi connectivity index (χ0n) is 12.0. The largest absolute Gasteiger partial charge is 0.391 e. The Bertz CT molecular complexity index is 876. The first-order chi connectivity index (χ1) is 10.4. The molecular weight excluding hydrogens is 324 g/mol. The molecule has 1 aliphatic heterocycles. The minimum Gasteiger partial charge on any atom is -0.391 e. The van der Waals surface area contributed by atoms with Gasteiger partial charge in [0, 0.05) is 6.54 Å². The van der Waals surface area contributed by atoms with Gasteiger partial charge in [0.05, 0.1) is 33.8 Å². The number of aromatic nitrogens is 2. The summed E-state index contributed by atoms with van der Waals surface area (Å²) < 4.78 is 24.7. The molecule has 3 rings (SSSR count). The first kappa shape index (κ1) is 15.5. The Hall–Kier alpha value is -1.38. The van der Waals surface area contributed by atoms with Crippen molar-refractivity contribution in [2.24, 2.45) is 0 Å². The van der Waals surface area contributed by atoms with E-state index in [1.165, 1.54) is 4.57 Å². The number of rotatable bonds is 3. The standard InChI is InChI=1S/C14H16N2O4S2/c1-2-16-13(18)9-5-3-4-6-10(9)15-14(16)21-12-8-22(19,20)7-11(12)17/h3-6,11-12,17H,2,7-8H2,1H3/t11-,12-/m0/s1. The molecule has 0 amide bonds. The highest BCUT2D eigenvalue weighted by atomic mass is 32.2. The van der Waals surface area contributed by atoms with Crippen LogP contribution in [0, 0.1) is 0 Å². The molecule has 1 aromatic heterocycles. The molecule has 1 saturated heterocycles. The van der Waals surface area contributed by atoms with Gasteiger partial charge in [-0.25, -0.2) is 13.4 Å². The Kier molecular flexibility index (Phi) is 4.00. The average molecular weight is 340 g/mol. The zero-order chi connectivity index (χ0) is 15.9. The van der Waals surface area contributed by atoms with E-state index in [9.17, 15) is 18.3 Å². The molecule has 1 fully saturated rings. The van der Waals surface area contributed by atoms with Crippen LogP contribution in [0.2, 0.25) is 0 Å². The van der Waals surface area contributed by atoms with Crippen molar-refractivity contribution in [2.75, 3.05) is 11.5 Å². The van der Waals surface area contributed by atoms with E-state index < -0.39 is 21.2 Å². The highest BCUT2D eigenvalue weighted by Gasteiger charge is 2.37. The maximum atomic E-state index is 12.5. The van der Waals surface area contributed by atoms with E-state index in [0.29, 0.717) is 22.6 Å². The Morgan fingerprint density at radius 3 is 2.73 bits per heavy atom. The van der Waals surface area contributed by atoms with Gasteiger partial charge < -0.3 is 5.11 Å². The normalized spacial score (nSPS) is 23.9. The molecule has 22 heavy (non-hydrogen) atoms. The fourth-order valence-corrected chi connectivity index (χ4v) is 6.20. The molecule has 0 saturated carbocycles. The minimum atomic E-state index is -3.22. The third kappa shape index (κ3) is 2.78. The van der Waals surface area contributed by atoms with Gasteiger partial charge in [0.2, 0.25) is 0 Å². The molecule has 1 aliphatic rings. The lowest BCUT2D eigenvalue weighted by Gasteiger charge is -2.15. The summed E-state index contributed by atoms with van der Waals surface area (Å²) >= 11 is 1.16. The van der Waals surface area contributed by atoms with E-state index in [-0.39, 0.29) is 17.1 Å². The average Bonchev–Trinajstić information content (AvgIpc) is 2.72. The molecule has 0 spiro atoms. The number of thioether (sulfide) groups is 1. The third-order valence-electron chi connectivity index (χ3n) is 3.67. The molecule has 2 aromatic rings. The van der Waals surface area contributed by atoms with Crippen LogP contribution in [-0.4, -0.2) is 45.9 Å². The number of hydrogen-bond acceptors (Lipinski definition) is 6. The van der Waals surface area contributed by atoms with Crippen molar-refractivity contribution in [1.29, 1.82) is 0 Å². The third-order valence-corrected chi connectivity index (χ3v) is 6.91. The number of hydrogen-bond donors (Lipinski definition) is 1. The second-order valence-electron chi connectivity index (χ2n) is 5.26. The summed E-state index contributed by atoms with van der Waals surface area (Å²) in [5, 5.41) is 10.4. The molecule has 2 atom stereocenters. The van der Waals surface area contributed by atoms with Crippen molar-refractivity contribution in [1.82, 2.24) is 9.55 Å². The van der Waals surface area contributed by atoms with Crippen molar-refractivity contribution in [3.05, 3.63) is 34.6 Å². The number of sulfone groups is 1. The van der Waals surface area contributed by atoms with E-state index >= 15 is 0 Å². The number of fused-ring (bicyclic) bond motifs is 1. The second kappa shape index (κ2) is 5.68. The van der Waals surface area contributed by atoms with Crippen molar-refractivity contribution in [2.45, 2.75) is 30.0 Å². The van der Waals surface area contributed by atoms with Gasteiger partial charge in [-0.15, -0.1) is 0 Å². The number of benzene rings is 1. The number of aliphatic hydroxyl groups excluding tert-OH is 1. The number of nitrogens with zero attached hydrogens (tertiary/aromatic N) is 2. The van der Waals surface area contributed by atoms with Gasteiger partial charge in [0.25, 0.3) is 5.56 Å².